The van der Waals surface area contributed by atoms with E-state index < -0.39 is 0 Å². The number of hydrogen-bond donors (Lipinski definition) is 1. The third-order valence-electron chi connectivity index (χ3n) is 3.69. The number of thiazole rings is 1. The van der Waals surface area contributed by atoms with E-state index in [4.69, 9.17) is 4.98 Å². The average molecular weight is 296 g/mol. The fourth-order valence-corrected chi connectivity index (χ4v) is 3.20. The SMILES string of the molecule is CC(C)NCc1nc(CN(C)CCN2CCCC2)cs1. The average Bonchev–Trinajstić information content (AvgIpc) is 3.05. The van der Waals surface area contributed by atoms with Gasteiger partial charge in [0.05, 0.1) is 5.69 Å². The van der Waals surface area contributed by atoms with Gasteiger partial charge in [0.15, 0.2) is 0 Å². The summed E-state index contributed by atoms with van der Waals surface area (Å²) >= 11 is 1.77. The molecule has 2 rings (SSSR count). The van der Waals surface area contributed by atoms with Gasteiger partial charge in [-0.2, -0.15) is 0 Å². The highest BCUT2D eigenvalue weighted by atomic mass is 32.1. The van der Waals surface area contributed by atoms with Crippen molar-refractivity contribution in [1.29, 1.82) is 0 Å². The number of hydrogen-bond acceptors (Lipinski definition) is 5. The van der Waals surface area contributed by atoms with Gasteiger partial charge < -0.3 is 10.2 Å². The molecule has 20 heavy (non-hydrogen) atoms. The minimum atomic E-state index is 0.519. The first-order valence-electron chi connectivity index (χ1n) is 7.71. The van der Waals surface area contributed by atoms with Crippen molar-refractivity contribution in [1.82, 2.24) is 20.1 Å². The Morgan fingerprint density at radius 3 is 2.85 bits per heavy atom. The molecule has 0 aliphatic carbocycles. The predicted octanol–water partition coefficient (Wildman–Crippen LogP) is 2.17. The lowest BCUT2D eigenvalue weighted by molar-refractivity contribution is 0.251. The first kappa shape index (κ1) is 15.9. The van der Waals surface area contributed by atoms with Crippen LogP contribution in [0.25, 0.3) is 0 Å². The van der Waals surface area contributed by atoms with Crippen molar-refractivity contribution < 1.29 is 0 Å². The molecule has 0 unspecified atom stereocenters. The highest BCUT2D eigenvalue weighted by molar-refractivity contribution is 7.09. The van der Waals surface area contributed by atoms with Gasteiger partial charge in [-0.3, -0.25) is 4.90 Å². The van der Waals surface area contributed by atoms with E-state index in [0.29, 0.717) is 6.04 Å². The molecular formula is C15H28N4S. The number of rotatable bonds is 8. The van der Waals surface area contributed by atoms with E-state index in [2.05, 4.69) is 41.4 Å². The number of likely N-dealkylation sites (tertiary alicyclic amines) is 1. The third kappa shape index (κ3) is 5.48. The molecule has 0 amide bonds. The Kier molecular flexibility index (Phi) is 6.42. The van der Waals surface area contributed by atoms with Crippen LogP contribution in [-0.4, -0.2) is 54.1 Å². The van der Waals surface area contributed by atoms with Crippen molar-refractivity contribution in [3.8, 4) is 0 Å². The summed E-state index contributed by atoms with van der Waals surface area (Å²) in [6.45, 7) is 11.1. The van der Waals surface area contributed by atoms with Gasteiger partial charge in [-0.1, -0.05) is 13.8 Å². The molecule has 1 aromatic rings. The normalized spacial score (nSPS) is 16.6. The highest BCUT2D eigenvalue weighted by Crippen LogP contribution is 2.12. The maximum Gasteiger partial charge on any atom is 0.107 e. The summed E-state index contributed by atoms with van der Waals surface area (Å²) in [5, 5.41) is 6.81. The molecule has 0 saturated carbocycles. The molecular weight excluding hydrogens is 268 g/mol. The van der Waals surface area contributed by atoms with Crippen molar-refractivity contribution in [2.24, 2.45) is 0 Å². The van der Waals surface area contributed by atoms with Crippen LogP contribution in [0, 0.1) is 0 Å². The van der Waals surface area contributed by atoms with Gasteiger partial charge in [0.2, 0.25) is 0 Å². The van der Waals surface area contributed by atoms with Gasteiger partial charge in [-0.25, -0.2) is 4.98 Å². The molecule has 0 bridgehead atoms. The summed E-state index contributed by atoms with van der Waals surface area (Å²) in [5.74, 6) is 0. The van der Waals surface area contributed by atoms with Gasteiger partial charge >= 0.3 is 0 Å². The van der Waals surface area contributed by atoms with E-state index >= 15 is 0 Å². The van der Waals surface area contributed by atoms with Crippen LogP contribution in [-0.2, 0) is 13.1 Å². The van der Waals surface area contributed by atoms with E-state index in [-0.39, 0.29) is 0 Å². The molecule has 1 aromatic heterocycles. The zero-order valence-corrected chi connectivity index (χ0v) is 13.9. The molecule has 1 N–H and O–H groups in total. The second-order valence-corrected chi connectivity index (χ2v) is 7.00. The van der Waals surface area contributed by atoms with Gasteiger partial charge in [-0.15, -0.1) is 11.3 Å². The zero-order valence-electron chi connectivity index (χ0n) is 13.1. The van der Waals surface area contributed by atoms with Crippen LogP contribution in [0.1, 0.15) is 37.4 Å². The lowest BCUT2D eigenvalue weighted by atomic mass is 10.4. The second-order valence-electron chi connectivity index (χ2n) is 6.05. The molecule has 114 valence electrons. The summed E-state index contributed by atoms with van der Waals surface area (Å²) in [7, 11) is 2.20. The summed E-state index contributed by atoms with van der Waals surface area (Å²) in [4.78, 5) is 9.65. The fraction of sp³-hybridized carbons (Fsp3) is 0.800. The fourth-order valence-electron chi connectivity index (χ4n) is 2.47. The summed E-state index contributed by atoms with van der Waals surface area (Å²) in [5.41, 5.74) is 1.21. The molecule has 0 spiro atoms. The number of aromatic nitrogens is 1. The zero-order chi connectivity index (χ0) is 14.4. The van der Waals surface area contributed by atoms with Gasteiger partial charge in [0.25, 0.3) is 0 Å². The van der Waals surface area contributed by atoms with Crippen molar-refractivity contribution in [2.45, 2.75) is 45.8 Å². The Morgan fingerprint density at radius 2 is 2.15 bits per heavy atom. The number of likely N-dealkylation sites (N-methyl/N-ethyl adjacent to an activating group) is 1. The quantitative estimate of drug-likeness (QED) is 0.797. The monoisotopic (exact) mass is 296 g/mol. The van der Waals surface area contributed by atoms with Crippen molar-refractivity contribution in [2.75, 3.05) is 33.2 Å². The van der Waals surface area contributed by atoms with Crippen LogP contribution in [0.15, 0.2) is 5.38 Å². The van der Waals surface area contributed by atoms with Gasteiger partial charge in [0, 0.05) is 37.6 Å². The molecule has 1 aliphatic heterocycles. The van der Waals surface area contributed by atoms with Crippen LogP contribution in [0.4, 0.5) is 0 Å². The molecule has 4 nitrogen and oxygen atoms in total. The molecule has 0 aromatic carbocycles. The Morgan fingerprint density at radius 1 is 1.40 bits per heavy atom. The lowest BCUT2D eigenvalue weighted by Gasteiger charge is -2.20. The van der Waals surface area contributed by atoms with Crippen LogP contribution in [0.2, 0.25) is 0 Å². The van der Waals surface area contributed by atoms with E-state index in [1.807, 2.05) is 0 Å². The number of nitrogens with zero attached hydrogens (tertiary/aromatic N) is 3. The van der Waals surface area contributed by atoms with E-state index in [9.17, 15) is 0 Å². The van der Waals surface area contributed by atoms with Crippen LogP contribution < -0.4 is 5.32 Å². The molecule has 0 radical (unpaired) electrons. The molecule has 1 saturated heterocycles. The minimum absolute atomic E-state index is 0.519. The standard InChI is InChI=1S/C15H28N4S/c1-13(2)16-10-15-17-14(12-20-15)11-18(3)8-9-19-6-4-5-7-19/h12-13,16H,4-11H2,1-3H3. The molecule has 5 heteroatoms. The van der Waals surface area contributed by atoms with Crippen LogP contribution in [0.3, 0.4) is 0 Å². The maximum atomic E-state index is 4.70. The third-order valence-corrected chi connectivity index (χ3v) is 4.59. The summed E-state index contributed by atoms with van der Waals surface area (Å²) in [6.07, 6.45) is 2.75. The van der Waals surface area contributed by atoms with Crippen LogP contribution >= 0.6 is 11.3 Å². The lowest BCUT2D eigenvalue weighted by Crippen LogP contribution is -2.31. The van der Waals surface area contributed by atoms with Crippen molar-refractivity contribution in [3.63, 3.8) is 0 Å². The Bertz CT molecular complexity index is 385. The molecule has 2 heterocycles. The molecule has 0 atom stereocenters. The van der Waals surface area contributed by atoms with Crippen LogP contribution in [0.5, 0.6) is 0 Å². The predicted molar refractivity (Wildman–Crippen MR) is 86.1 cm³/mol. The largest absolute Gasteiger partial charge is 0.308 e. The van der Waals surface area contributed by atoms with E-state index in [0.717, 1.165) is 19.6 Å². The minimum Gasteiger partial charge on any atom is -0.308 e. The molecule has 1 fully saturated rings. The van der Waals surface area contributed by atoms with Crippen molar-refractivity contribution >= 4 is 11.3 Å². The first-order valence-corrected chi connectivity index (χ1v) is 8.59. The smallest absolute Gasteiger partial charge is 0.107 e. The number of nitrogens with one attached hydrogen (secondary N) is 1. The second kappa shape index (κ2) is 8.08. The van der Waals surface area contributed by atoms with E-state index in [1.54, 1.807) is 11.3 Å². The Balaban J connectivity index is 1.69. The van der Waals surface area contributed by atoms with Gasteiger partial charge in [0.1, 0.15) is 5.01 Å². The topological polar surface area (TPSA) is 31.4 Å². The summed E-state index contributed by atoms with van der Waals surface area (Å²) < 4.78 is 0. The summed E-state index contributed by atoms with van der Waals surface area (Å²) in [6, 6.07) is 0.519. The Hall–Kier alpha value is -0.490. The first-order chi connectivity index (χ1) is 9.63. The highest BCUT2D eigenvalue weighted by Gasteiger charge is 2.12. The van der Waals surface area contributed by atoms with Crippen molar-refractivity contribution in [3.05, 3.63) is 16.1 Å². The Labute approximate surface area is 127 Å². The van der Waals surface area contributed by atoms with Gasteiger partial charge in [-0.05, 0) is 33.0 Å². The van der Waals surface area contributed by atoms with E-state index in [1.165, 1.54) is 43.2 Å². The molecule has 1 aliphatic rings. The maximum absolute atomic E-state index is 4.70.